The molecule has 0 saturated heterocycles. The van der Waals surface area contributed by atoms with Crippen LogP contribution in [0.4, 0.5) is 0 Å². The van der Waals surface area contributed by atoms with Gasteiger partial charge in [0.25, 0.3) is 0 Å². The van der Waals surface area contributed by atoms with Gasteiger partial charge in [-0.05, 0) is 24.2 Å². The van der Waals surface area contributed by atoms with Gasteiger partial charge in [0.15, 0.2) is 11.5 Å². The molecule has 0 spiro atoms. The normalized spacial score (nSPS) is 10.6. The topological polar surface area (TPSA) is 62.2 Å². The molecule has 0 fully saturated rings. The van der Waals surface area contributed by atoms with Crippen molar-refractivity contribution in [3.05, 3.63) is 17.7 Å². The smallest absolute Gasteiger partial charge is 0.236 e. The Balaban J connectivity index is 2.92. The maximum atomic E-state index is 11.8. The molecule has 1 aromatic carbocycles. The summed E-state index contributed by atoms with van der Waals surface area (Å²) in [4.78, 5) is 15.4. The van der Waals surface area contributed by atoms with E-state index in [1.807, 2.05) is 11.8 Å². The molecule has 1 amide bonds. The second-order valence-electron chi connectivity index (χ2n) is 4.94. The lowest BCUT2D eigenvalue weighted by Crippen LogP contribution is -2.36. The molecule has 1 aromatic rings. The van der Waals surface area contributed by atoms with Crippen LogP contribution in [0.3, 0.4) is 0 Å². The molecule has 0 aliphatic rings. The Morgan fingerprint density at radius 1 is 1.19 bits per heavy atom. The van der Waals surface area contributed by atoms with Gasteiger partial charge in [-0.15, -0.1) is 0 Å². The molecule has 0 heterocycles. The molecular weight excluding hydrogens is 272 g/mol. The molecule has 1 rings (SSSR count). The predicted molar refractivity (Wildman–Crippen MR) is 80.9 cm³/mol. The van der Waals surface area contributed by atoms with Crippen molar-refractivity contribution in [1.82, 2.24) is 9.80 Å². The summed E-state index contributed by atoms with van der Waals surface area (Å²) in [6, 6.07) is 3.50. The van der Waals surface area contributed by atoms with Crippen molar-refractivity contribution in [3.63, 3.8) is 0 Å². The number of phenols is 1. The average Bonchev–Trinajstić information content (AvgIpc) is 2.47. The number of benzene rings is 1. The van der Waals surface area contributed by atoms with Gasteiger partial charge in [-0.3, -0.25) is 9.69 Å². The van der Waals surface area contributed by atoms with Crippen molar-refractivity contribution in [2.24, 2.45) is 0 Å². The third kappa shape index (κ3) is 4.53. The number of hydrogen-bond donors (Lipinski definition) is 1. The molecule has 21 heavy (non-hydrogen) atoms. The van der Waals surface area contributed by atoms with Crippen molar-refractivity contribution in [1.29, 1.82) is 0 Å². The predicted octanol–water partition coefficient (Wildman–Crippen LogP) is 1.32. The Bertz CT molecular complexity index is 464. The fourth-order valence-corrected chi connectivity index (χ4v) is 1.91. The summed E-state index contributed by atoms with van der Waals surface area (Å²) in [5, 5.41) is 9.90. The van der Waals surface area contributed by atoms with Gasteiger partial charge in [0.05, 0.1) is 20.8 Å². The zero-order valence-corrected chi connectivity index (χ0v) is 13.3. The fraction of sp³-hybridized carbons (Fsp3) is 0.533. The first kappa shape index (κ1) is 17.1. The molecule has 0 bridgehead atoms. The second-order valence-corrected chi connectivity index (χ2v) is 4.94. The SMILES string of the molecule is CCN(CC(=O)N(C)C)Cc1cc(OC)c(O)c(OC)c1. The Labute approximate surface area is 125 Å². The number of methoxy groups -OCH3 is 2. The lowest BCUT2D eigenvalue weighted by Gasteiger charge is -2.22. The minimum absolute atomic E-state index is 0.0174. The van der Waals surface area contributed by atoms with Crippen molar-refractivity contribution < 1.29 is 19.4 Å². The third-order valence-corrected chi connectivity index (χ3v) is 3.25. The molecule has 6 heteroatoms. The van der Waals surface area contributed by atoms with E-state index in [0.29, 0.717) is 24.6 Å². The van der Waals surface area contributed by atoms with Crippen LogP contribution in [0.1, 0.15) is 12.5 Å². The van der Waals surface area contributed by atoms with Crippen LogP contribution in [0.2, 0.25) is 0 Å². The minimum Gasteiger partial charge on any atom is -0.502 e. The highest BCUT2D eigenvalue weighted by molar-refractivity contribution is 5.77. The van der Waals surface area contributed by atoms with Crippen LogP contribution in [0.25, 0.3) is 0 Å². The first-order valence-electron chi connectivity index (χ1n) is 6.79. The highest BCUT2D eigenvalue weighted by Gasteiger charge is 2.15. The molecule has 0 aromatic heterocycles. The van der Waals surface area contributed by atoms with Crippen LogP contribution >= 0.6 is 0 Å². The van der Waals surface area contributed by atoms with E-state index in [4.69, 9.17) is 9.47 Å². The monoisotopic (exact) mass is 296 g/mol. The summed E-state index contributed by atoms with van der Waals surface area (Å²) in [6.45, 7) is 3.65. The van der Waals surface area contributed by atoms with Crippen LogP contribution in [0.5, 0.6) is 17.2 Å². The summed E-state index contributed by atoms with van der Waals surface area (Å²) in [7, 11) is 6.46. The Kier molecular flexibility index (Phi) is 6.30. The summed E-state index contributed by atoms with van der Waals surface area (Å²) in [5.74, 6) is 0.754. The van der Waals surface area contributed by atoms with E-state index < -0.39 is 0 Å². The second kappa shape index (κ2) is 7.73. The molecule has 0 saturated carbocycles. The zero-order valence-electron chi connectivity index (χ0n) is 13.3. The summed E-state index contributed by atoms with van der Waals surface area (Å²) in [5.41, 5.74) is 0.912. The largest absolute Gasteiger partial charge is 0.502 e. The zero-order chi connectivity index (χ0) is 16.0. The summed E-state index contributed by atoms with van der Waals surface area (Å²) in [6.07, 6.45) is 0. The first-order valence-corrected chi connectivity index (χ1v) is 6.79. The number of aromatic hydroxyl groups is 1. The van der Waals surface area contributed by atoms with Crippen LogP contribution in [0, 0.1) is 0 Å². The van der Waals surface area contributed by atoms with Gasteiger partial charge < -0.3 is 19.5 Å². The number of phenolic OH excluding ortho intramolecular Hbond substituents is 1. The average molecular weight is 296 g/mol. The van der Waals surface area contributed by atoms with Gasteiger partial charge >= 0.3 is 0 Å². The molecule has 118 valence electrons. The standard InChI is InChI=1S/C15H24N2O4/c1-6-17(10-14(18)16(2)3)9-11-7-12(20-4)15(19)13(8-11)21-5/h7-8,19H,6,9-10H2,1-5H3. The molecule has 0 radical (unpaired) electrons. The number of likely N-dealkylation sites (N-methyl/N-ethyl adjacent to an activating group) is 2. The highest BCUT2D eigenvalue weighted by atomic mass is 16.5. The van der Waals surface area contributed by atoms with Crippen molar-refractivity contribution in [3.8, 4) is 17.2 Å². The number of hydrogen-bond acceptors (Lipinski definition) is 5. The van der Waals surface area contributed by atoms with Crippen molar-refractivity contribution >= 4 is 5.91 Å². The van der Waals surface area contributed by atoms with E-state index in [0.717, 1.165) is 12.1 Å². The number of rotatable bonds is 7. The molecular formula is C15H24N2O4. The Morgan fingerprint density at radius 3 is 2.10 bits per heavy atom. The minimum atomic E-state index is -0.0174. The van der Waals surface area contributed by atoms with E-state index in [9.17, 15) is 9.90 Å². The van der Waals surface area contributed by atoms with E-state index >= 15 is 0 Å². The number of carbonyl (C=O) groups excluding carboxylic acids is 1. The molecule has 0 aliphatic heterocycles. The van der Waals surface area contributed by atoms with E-state index in [1.54, 1.807) is 31.1 Å². The van der Waals surface area contributed by atoms with Crippen LogP contribution < -0.4 is 9.47 Å². The lowest BCUT2D eigenvalue weighted by molar-refractivity contribution is -0.130. The molecule has 0 aliphatic carbocycles. The van der Waals surface area contributed by atoms with Crippen LogP contribution in [-0.4, -0.2) is 62.2 Å². The van der Waals surface area contributed by atoms with E-state index in [1.165, 1.54) is 14.2 Å². The van der Waals surface area contributed by atoms with E-state index in [-0.39, 0.29) is 11.7 Å². The Hall–Kier alpha value is -1.95. The van der Waals surface area contributed by atoms with Gasteiger partial charge in [-0.1, -0.05) is 6.92 Å². The maximum absolute atomic E-state index is 11.8. The van der Waals surface area contributed by atoms with E-state index in [2.05, 4.69) is 0 Å². The number of ether oxygens (including phenoxy) is 2. The van der Waals surface area contributed by atoms with Crippen molar-refractivity contribution in [2.75, 3.05) is 41.4 Å². The molecule has 0 unspecified atom stereocenters. The number of amides is 1. The van der Waals surface area contributed by atoms with Crippen LogP contribution in [0.15, 0.2) is 12.1 Å². The summed E-state index contributed by atoms with van der Waals surface area (Å²) >= 11 is 0. The van der Waals surface area contributed by atoms with Gasteiger partial charge in [0.2, 0.25) is 11.7 Å². The quantitative estimate of drug-likeness (QED) is 0.822. The van der Waals surface area contributed by atoms with Crippen molar-refractivity contribution in [2.45, 2.75) is 13.5 Å². The van der Waals surface area contributed by atoms with Gasteiger partial charge in [0.1, 0.15) is 0 Å². The number of carbonyl (C=O) groups is 1. The maximum Gasteiger partial charge on any atom is 0.236 e. The molecule has 1 N–H and O–H groups in total. The third-order valence-electron chi connectivity index (χ3n) is 3.25. The fourth-order valence-electron chi connectivity index (χ4n) is 1.91. The highest BCUT2D eigenvalue weighted by Crippen LogP contribution is 2.37. The molecule has 6 nitrogen and oxygen atoms in total. The van der Waals surface area contributed by atoms with Gasteiger partial charge in [-0.2, -0.15) is 0 Å². The molecule has 0 atom stereocenters. The first-order chi connectivity index (χ1) is 9.92. The lowest BCUT2D eigenvalue weighted by atomic mass is 10.1. The van der Waals surface area contributed by atoms with Crippen LogP contribution in [-0.2, 0) is 11.3 Å². The number of nitrogens with zero attached hydrogens (tertiary/aromatic N) is 2. The van der Waals surface area contributed by atoms with Gasteiger partial charge in [0, 0.05) is 20.6 Å². The summed E-state index contributed by atoms with van der Waals surface area (Å²) < 4.78 is 10.3. The Morgan fingerprint density at radius 2 is 1.71 bits per heavy atom. The van der Waals surface area contributed by atoms with Gasteiger partial charge in [-0.25, -0.2) is 0 Å².